The lowest BCUT2D eigenvalue weighted by Gasteiger charge is -2.32. The van der Waals surface area contributed by atoms with Crippen molar-refractivity contribution < 1.29 is 9.32 Å². The molecular weight excluding hydrogens is 338 g/mol. The van der Waals surface area contributed by atoms with Crippen molar-refractivity contribution in [2.75, 3.05) is 13.1 Å². The molecule has 1 aliphatic rings. The monoisotopic (exact) mass is 357 g/mol. The third-order valence-corrected chi connectivity index (χ3v) is 5.12. The molecule has 1 amide bonds. The smallest absolute Gasteiger partial charge is 0.244 e. The summed E-state index contributed by atoms with van der Waals surface area (Å²) in [6.07, 6.45) is 6.28. The highest BCUT2D eigenvalue weighted by atomic mass is 32.1. The fraction of sp³-hybridized carbons (Fsp3) is 0.412. The van der Waals surface area contributed by atoms with Crippen molar-refractivity contribution in [1.82, 2.24) is 24.8 Å². The summed E-state index contributed by atoms with van der Waals surface area (Å²) in [6.45, 7) is 1.83. The molecule has 25 heavy (non-hydrogen) atoms. The van der Waals surface area contributed by atoms with Crippen molar-refractivity contribution >= 4 is 17.2 Å². The molecule has 0 N–H and O–H groups in total. The minimum Gasteiger partial charge on any atom is -0.341 e. The average Bonchev–Trinajstić information content (AvgIpc) is 3.37. The topological polar surface area (TPSA) is 77.1 Å². The molecule has 0 aromatic carbocycles. The number of likely N-dealkylation sites (tertiary alicyclic amines) is 1. The van der Waals surface area contributed by atoms with Crippen molar-refractivity contribution in [1.29, 1.82) is 0 Å². The Kier molecular flexibility index (Phi) is 4.60. The number of hydrogen-bond donors (Lipinski definition) is 0. The second kappa shape index (κ2) is 7.18. The van der Waals surface area contributed by atoms with E-state index >= 15 is 0 Å². The van der Waals surface area contributed by atoms with Gasteiger partial charge in [-0.3, -0.25) is 9.48 Å². The molecule has 0 aliphatic carbocycles. The van der Waals surface area contributed by atoms with Crippen LogP contribution in [0.25, 0.3) is 11.4 Å². The number of nitrogens with zero attached hydrogens (tertiary/aromatic N) is 5. The fourth-order valence-electron chi connectivity index (χ4n) is 3.18. The highest BCUT2D eigenvalue weighted by Gasteiger charge is 2.25. The van der Waals surface area contributed by atoms with Crippen molar-refractivity contribution in [3.8, 4) is 11.4 Å². The molecule has 1 atom stereocenters. The van der Waals surface area contributed by atoms with Gasteiger partial charge < -0.3 is 9.42 Å². The van der Waals surface area contributed by atoms with Crippen LogP contribution in [0.3, 0.4) is 0 Å². The normalized spacial score (nSPS) is 17.8. The Hall–Kier alpha value is -2.48. The highest BCUT2D eigenvalue weighted by molar-refractivity contribution is 7.08. The minimum atomic E-state index is 0.109. The van der Waals surface area contributed by atoms with Gasteiger partial charge in [0.05, 0.1) is 0 Å². The van der Waals surface area contributed by atoms with Crippen molar-refractivity contribution in [3.05, 3.63) is 41.2 Å². The number of rotatable bonds is 5. The predicted molar refractivity (Wildman–Crippen MR) is 92.8 cm³/mol. The quantitative estimate of drug-likeness (QED) is 0.701. The van der Waals surface area contributed by atoms with Gasteiger partial charge in [0, 0.05) is 42.8 Å². The van der Waals surface area contributed by atoms with Crippen molar-refractivity contribution in [2.24, 2.45) is 5.92 Å². The van der Waals surface area contributed by atoms with Crippen LogP contribution in [0.1, 0.15) is 18.7 Å². The number of aromatic nitrogens is 4. The van der Waals surface area contributed by atoms with Gasteiger partial charge in [0.2, 0.25) is 17.6 Å². The molecule has 1 unspecified atom stereocenters. The molecule has 130 valence electrons. The van der Waals surface area contributed by atoms with Crippen LogP contribution in [0.4, 0.5) is 0 Å². The SMILES string of the molecule is O=C(Cn1cccn1)N1CCCC(Cc2nc(-c3ccsc3)no2)C1. The molecule has 0 bridgehead atoms. The van der Waals surface area contributed by atoms with E-state index in [1.165, 1.54) is 0 Å². The van der Waals surface area contributed by atoms with Gasteiger partial charge in [-0.25, -0.2) is 0 Å². The van der Waals surface area contributed by atoms with Crippen LogP contribution in [0.5, 0.6) is 0 Å². The van der Waals surface area contributed by atoms with E-state index in [0.717, 1.165) is 31.5 Å². The van der Waals surface area contributed by atoms with Crippen molar-refractivity contribution in [3.63, 3.8) is 0 Å². The van der Waals surface area contributed by atoms with Crippen LogP contribution in [-0.4, -0.2) is 43.8 Å². The van der Waals surface area contributed by atoms with Gasteiger partial charge in [0.1, 0.15) is 6.54 Å². The van der Waals surface area contributed by atoms with E-state index < -0.39 is 0 Å². The van der Waals surface area contributed by atoms with Crippen LogP contribution < -0.4 is 0 Å². The second-order valence-corrected chi connectivity index (χ2v) is 7.06. The van der Waals surface area contributed by atoms with Gasteiger partial charge in [-0.15, -0.1) is 0 Å². The highest BCUT2D eigenvalue weighted by Crippen LogP contribution is 2.23. The zero-order valence-corrected chi connectivity index (χ0v) is 14.6. The lowest BCUT2D eigenvalue weighted by molar-refractivity contribution is -0.133. The summed E-state index contributed by atoms with van der Waals surface area (Å²) < 4.78 is 7.06. The third-order valence-electron chi connectivity index (χ3n) is 4.44. The zero-order valence-electron chi connectivity index (χ0n) is 13.7. The molecule has 7 nitrogen and oxygen atoms in total. The second-order valence-electron chi connectivity index (χ2n) is 6.28. The molecule has 1 aliphatic heterocycles. The molecule has 8 heteroatoms. The van der Waals surface area contributed by atoms with E-state index in [0.29, 0.717) is 30.6 Å². The molecule has 4 heterocycles. The number of hydrogen-bond acceptors (Lipinski definition) is 6. The summed E-state index contributed by atoms with van der Waals surface area (Å²) in [4.78, 5) is 18.8. The average molecular weight is 357 g/mol. The summed E-state index contributed by atoms with van der Waals surface area (Å²) >= 11 is 1.61. The van der Waals surface area contributed by atoms with Crippen molar-refractivity contribution in [2.45, 2.75) is 25.8 Å². The number of carbonyl (C=O) groups excluding carboxylic acids is 1. The van der Waals surface area contributed by atoms with E-state index in [1.807, 2.05) is 34.0 Å². The minimum absolute atomic E-state index is 0.109. The lowest BCUT2D eigenvalue weighted by Crippen LogP contribution is -2.42. The van der Waals surface area contributed by atoms with Gasteiger partial charge in [-0.1, -0.05) is 5.16 Å². The summed E-state index contributed by atoms with van der Waals surface area (Å²) in [5, 5.41) is 12.2. The van der Waals surface area contributed by atoms with E-state index in [-0.39, 0.29) is 5.91 Å². The number of amides is 1. The van der Waals surface area contributed by atoms with E-state index in [9.17, 15) is 4.79 Å². The Bertz CT molecular complexity index is 812. The van der Waals surface area contributed by atoms with E-state index in [1.54, 1.807) is 22.2 Å². The van der Waals surface area contributed by atoms with Crippen LogP contribution in [0, 0.1) is 5.92 Å². The van der Waals surface area contributed by atoms with Gasteiger partial charge in [0.25, 0.3) is 0 Å². The lowest BCUT2D eigenvalue weighted by atomic mass is 9.94. The van der Waals surface area contributed by atoms with E-state index in [4.69, 9.17) is 4.52 Å². The van der Waals surface area contributed by atoms with Gasteiger partial charge >= 0.3 is 0 Å². The van der Waals surface area contributed by atoms with Gasteiger partial charge in [-0.05, 0) is 36.3 Å². The zero-order chi connectivity index (χ0) is 17.1. The first-order valence-corrected chi connectivity index (χ1v) is 9.32. The first-order chi connectivity index (χ1) is 12.3. The molecule has 3 aromatic heterocycles. The fourth-order valence-corrected chi connectivity index (χ4v) is 3.82. The van der Waals surface area contributed by atoms with Crippen LogP contribution in [-0.2, 0) is 17.8 Å². The Morgan fingerprint density at radius 1 is 1.44 bits per heavy atom. The Labute approximate surface area is 149 Å². The predicted octanol–water partition coefficient (Wildman–Crippen LogP) is 2.48. The molecule has 0 spiro atoms. The first-order valence-electron chi connectivity index (χ1n) is 8.38. The standard InChI is InChI=1S/C17H19N5O2S/c23-16(11-22-7-2-5-18-22)21-6-1-3-13(10-21)9-15-19-17(20-24-15)14-4-8-25-12-14/h2,4-5,7-8,12-13H,1,3,6,9-11H2. The Morgan fingerprint density at radius 2 is 2.40 bits per heavy atom. The molecule has 0 saturated carbocycles. The third kappa shape index (κ3) is 3.79. The molecule has 0 radical (unpaired) electrons. The maximum atomic E-state index is 12.4. The molecule has 3 aromatic rings. The number of thiophene rings is 1. The maximum Gasteiger partial charge on any atom is 0.244 e. The number of carbonyl (C=O) groups is 1. The summed E-state index contributed by atoms with van der Waals surface area (Å²) in [6, 6.07) is 3.81. The Morgan fingerprint density at radius 3 is 3.20 bits per heavy atom. The first kappa shape index (κ1) is 16.0. The summed E-state index contributed by atoms with van der Waals surface area (Å²) in [5.74, 6) is 1.75. The van der Waals surface area contributed by atoms with Crippen LogP contribution in [0.15, 0.2) is 39.8 Å². The van der Waals surface area contributed by atoms with Crippen LogP contribution >= 0.6 is 11.3 Å². The van der Waals surface area contributed by atoms with Gasteiger partial charge in [0.15, 0.2) is 0 Å². The maximum absolute atomic E-state index is 12.4. The summed E-state index contributed by atoms with van der Waals surface area (Å²) in [5.41, 5.74) is 0.986. The number of piperidine rings is 1. The summed E-state index contributed by atoms with van der Waals surface area (Å²) in [7, 11) is 0. The molecular formula is C17H19N5O2S. The largest absolute Gasteiger partial charge is 0.341 e. The molecule has 1 saturated heterocycles. The van der Waals surface area contributed by atoms with E-state index in [2.05, 4.69) is 15.2 Å². The Balaban J connectivity index is 1.36. The molecule has 1 fully saturated rings. The van der Waals surface area contributed by atoms with Crippen LogP contribution in [0.2, 0.25) is 0 Å². The molecule has 4 rings (SSSR count). The van der Waals surface area contributed by atoms with Gasteiger partial charge in [-0.2, -0.15) is 21.4 Å².